The van der Waals surface area contributed by atoms with E-state index in [1.54, 1.807) is 14.0 Å². The normalized spacial score (nSPS) is 13.0. The van der Waals surface area contributed by atoms with Crippen LogP contribution in [0.4, 0.5) is 8.78 Å². The molecule has 1 heterocycles. The van der Waals surface area contributed by atoms with E-state index in [1.807, 2.05) is 29.9 Å². The van der Waals surface area contributed by atoms with Crippen molar-refractivity contribution in [3.8, 4) is 0 Å². The topological polar surface area (TPSA) is 41.4 Å². The van der Waals surface area contributed by atoms with Crippen LogP contribution in [0.1, 0.15) is 24.2 Å². The Morgan fingerprint density at radius 3 is 2.68 bits per heavy atom. The first-order chi connectivity index (χ1) is 10.5. The van der Waals surface area contributed by atoms with Gasteiger partial charge in [-0.15, -0.1) is 0 Å². The summed E-state index contributed by atoms with van der Waals surface area (Å²) in [6.45, 7) is 2.40. The molecule has 1 unspecified atom stereocenters. The van der Waals surface area contributed by atoms with Crippen molar-refractivity contribution in [2.45, 2.75) is 19.5 Å². The Bertz CT molecular complexity index is 664. The van der Waals surface area contributed by atoms with E-state index in [9.17, 15) is 8.78 Å². The lowest BCUT2D eigenvalue weighted by atomic mass is 10.1. The fourth-order valence-electron chi connectivity index (χ4n) is 2.18. The number of aryl methyl sites for hydroxylation is 1. The number of rotatable bonds is 4. The zero-order chi connectivity index (χ0) is 16.1. The van der Waals surface area contributed by atoms with Gasteiger partial charge < -0.3 is 15.2 Å². The lowest BCUT2D eigenvalue weighted by Crippen LogP contribution is -2.38. The Kier molecular flexibility index (Phi) is 5.14. The second-order valence-corrected chi connectivity index (χ2v) is 5.07. The lowest BCUT2D eigenvalue weighted by Gasteiger charge is -2.19. The first kappa shape index (κ1) is 16.0. The molecule has 6 heteroatoms. The van der Waals surface area contributed by atoms with Crippen molar-refractivity contribution >= 4 is 5.96 Å². The summed E-state index contributed by atoms with van der Waals surface area (Å²) in [6.07, 6.45) is 1.96. The number of guanidine groups is 1. The molecule has 2 N–H and O–H groups in total. The van der Waals surface area contributed by atoms with Gasteiger partial charge in [0.15, 0.2) is 5.96 Å². The van der Waals surface area contributed by atoms with Gasteiger partial charge in [0.05, 0.1) is 12.6 Å². The highest BCUT2D eigenvalue weighted by molar-refractivity contribution is 5.80. The summed E-state index contributed by atoms with van der Waals surface area (Å²) in [4.78, 5) is 4.12. The van der Waals surface area contributed by atoms with Crippen molar-refractivity contribution in [2.75, 3.05) is 7.05 Å². The minimum Gasteiger partial charge on any atom is -0.353 e. The van der Waals surface area contributed by atoms with Gasteiger partial charge in [-0.1, -0.05) is 6.07 Å². The van der Waals surface area contributed by atoms with Gasteiger partial charge in [-0.2, -0.15) is 0 Å². The fourth-order valence-corrected chi connectivity index (χ4v) is 2.18. The van der Waals surface area contributed by atoms with Crippen molar-refractivity contribution in [2.24, 2.45) is 12.0 Å². The predicted octanol–water partition coefficient (Wildman–Crippen LogP) is 2.73. The van der Waals surface area contributed by atoms with Crippen LogP contribution in [0.25, 0.3) is 0 Å². The van der Waals surface area contributed by atoms with Gasteiger partial charge in [-0.3, -0.25) is 4.99 Å². The first-order valence-electron chi connectivity index (χ1n) is 7.03. The van der Waals surface area contributed by atoms with E-state index in [2.05, 4.69) is 15.6 Å². The van der Waals surface area contributed by atoms with Crippen LogP contribution in [0.15, 0.2) is 41.5 Å². The number of nitrogens with one attached hydrogen (secondary N) is 2. The molecular formula is C16H20F2N4. The second-order valence-electron chi connectivity index (χ2n) is 5.07. The van der Waals surface area contributed by atoms with Gasteiger partial charge >= 0.3 is 0 Å². The molecule has 0 aliphatic heterocycles. The number of hydrogen-bond donors (Lipinski definition) is 2. The first-order valence-corrected chi connectivity index (χ1v) is 7.03. The number of aliphatic imine (C=N–C) groups is 1. The van der Waals surface area contributed by atoms with Crippen LogP contribution in [0.3, 0.4) is 0 Å². The molecule has 0 saturated carbocycles. The van der Waals surface area contributed by atoms with E-state index in [-0.39, 0.29) is 6.04 Å². The molecule has 22 heavy (non-hydrogen) atoms. The Balaban J connectivity index is 1.99. The van der Waals surface area contributed by atoms with E-state index < -0.39 is 11.6 Å². The molecule has 0 aliphatic rings. The highest BCUT2D eigenvalue weighted by Crippen LogP contribution is 2.17. The van der Waals surface area contributed by atoms with E-state index in [1.165, 1.54) is 12.1 Å². The highest BCUT2D eigenvalue weighted by atomic mass is 19.1. The molecule has 2 rings (SSSR count). The molecule has 118 valence electrons. The zero-order valence-corrected chi connectivity index (χ0v) is 12.9. The van der Waals surface area contributed by atoms with E-state index in [4.69, 9.17) is 0 Å². The van der Waals surface area contributed by atoms with Crippen LogP contribution >= 0.6 is 0 Å². The number of halogens is 2. The Morgan fingerprint density at radius 2 is 2.09 bits per heavy atom. The van der Waals surface area contributed by atoms with Crippen molar-refractivity contribution in [3.05, 3.63) is 59.4 Å². The van der Waals surface area contributed by atoms with E-state index >= 15 is 0 Å². The SMILES string of the molecule is CN=C(NCc1cccn1C)NC(C)c1ccc(F)cc1F. The summed E-state index contributed by atoms with van der Waals surface area (Å²) in [7, 11) is 3.61. The number of aromatic nitrogens is 1. The third kappa shape index (κ3) is 3.84. The maximum atomic E-state index is 13.8. The van der Waals surface area contributed by atoms with E-state index in [0.717, 1.165) is 11.8 Å². The largest absolute Gasteiger partial charge is 0.353 e. The molecule has 0 radical (unpaired) electrons. The number of nitrogens with zero attached hydrogens (tertiary/aromatic N) is 2. The average molecular weight is 306 g/mol. The van der Waals surface area contributed by atoms with Crippen molar-refractivity contribution in [1.29, 1.82) is 0 Å². The van der Waals surface area contributed by atoms with Crippen LogP contribution in [0, 0.1) is 11.6 Å². The molecule has 1 aromatic carbocycles. The molecule has 4 nitrogen and oxygen atoms in total. The molecule has 1 atom stereocenters. The third-order valence-corrected chi connectivity index (χ3v) is 3.49. The summed E-state index contributed by atoms with van der Waals surface area (Å²) in [5.41, 5.74) is 1.49. The van der Waals surface area contributed by atoms with Crippen LogP contribution in [-0.4, -0.2) is 17.6 Å². The zero-order valence-electron chi connectivity index (χ0n) is 12.9. The summed E-state index contributed by atoms with van der Waals surface area (Å²) < 4.78 is 28.7. The van der Waals surface area contributed by atoms with Crippen LogP contribution in [0.2, 0.25) is 0 Å². The van der Waals surface area contributed by atoms with Crippen LogP contribution in [0.5, 0.6) is 0 Å². The monoisotopic (exact) mass is 306 g/mol. The Morgan fingerprint density at radius 1 is 1.32 bits per heavy atom. The molecule has 0 amide bonds. The molecule has 0 aliphatic carbocycles. The van der Waals surface area contributed by atoms with Crippen LogP contribution in [-0.2, 0) is 13.6 Å². The number of benzene rings is 1. The Labute approximate surface area is 128 Å². The molecule has 0 saturated heterocycles. The fraction of sp³-hybridized carbons (Fsp3) is 0.312. The highest BCUT2D eigenvalue weighted by Gasteiger charge is 2.13. The third-order valence-electron chi connectivity index (χ3n) is 3.49. The smallest absolute Gasteiger partial charge is 0.191 e. The maximum Gasteiger partial charge on any atom is 0.191 e. The summed E-state index contributed by atoms with van der Waals surface area (Å²) in [6, 6.07) is 7.20. The van der Waals surface area contributed by atoms with Gasteiger partial charge in [0, 0.05) is 37.6 Å². The van der Waals surface area contributed by atoms with E-state index in [0.29, 0.717) is 18.1 Å². The summed E-state index contributed by atoms with van der Waals surface area (Å²) >= 11 is 0. The van der Waals surface area contributed by atoms with Gasteiger partial charge in [-0.25, -0.2) is 8.78 Å². The van der Waals surface area contributed by atoms with Gasteiger partial charge in [0.1, 0.15) is 11.6 Å². The molecule has 0 spiro atoms. The summed E-state index contributed by atoms with van der Waals surface area (Å²) in [5.74, 6) is -0.602. The molecular weight excluding hydrogens is 286 g/mol. The van der Waals surface area contributed by atoms with Crippen molar-refractivity contribution in [3.63, 3.8) is 0 Å². The molecule has 0 bridgehead atoms. The van der Waals surface area contributed by atoms with Gasteiger partial charge in [-0.05, 0) is 25.1 Å². The minimum absolute atomic E-state index is 0.333. The standard InChI is InChI=1S/C16H20F2N4/c1-11(14-7-6-12(17)9-15(14)18)21-16(19-2)20-10-13-5-4-8-22(13)3/h4-9,11H,10H2,1-3H3,(H2,19,20,21). The van der Waals surface area contributed by atoms with Crippen molar-refractivity contribution in [1.82, 2.24) is 15.2 Å². The van der Waals surface area contributed by atoms with Crippen molar-refractivity contribution < 1.29 is 8.78 Å². The van der Waals surface area contributed by atoms with Crippen LogP contribution < -0.4 is 10.6 Å². The minimum atomic E-state index is -0.584. The number of hydrogen-bond acceptors (Lipinski definition) is 1. The van der Waals surface area contributed by atoms with Gasteiger partial charge in [0.2, 0.25) is 0 Å². The predicted molar refractivity (Wildman–Crippen MR) is 83.5 cm³/mol. The quantitative estimate of drug-likeness (QED) is 0.673. The average Bonchev–Trinajstić information content (AvgIpc) is 2.88. The molecule has 2 aromatic rings. The lowest BCUT2D eigenvalue weighted by molar-refractivity contribution is 0.550. The Hall–Kier alpha value is -2.37. The summed E-state index contributed by atoms with van der Waals surface area (Å²) in [5, 5.41) is 6.26. The molecule has 1 aromatic heterocycles. The second kappa shape index (κ2) is 7.06. The van der Waals surface area contributed by atoms with Gasteiger partial charge in [0.25, 0.3) is 0 Å². The molecule has 0 fully saturated rings. The maximum absolute atomic E-state index is 13.8.